The van der Waals surface area contributed by atoms with E-state index in [1.54, 1.807) is 0 Å². The lowest BCUT2D eigenvalue weighted by Gasteiger charge is -2.14. The third-order valence-corrected chi connectivity index (χ3v) is 3.35. The maximum Gasteiger partial charge on any atom is 0.0295 e. The van der Waals surface area contributed by atoms with Crippen LogP contribution in [0.3, 0.4) is 0 Å². The van der Waals surface area contributed by atoms with Crippen LogP contribution in [-0.4, -0.2) is 4.57 Å². The molecule has 2 rings (SSSR count). The number of aromatic nitrogens is 1. The highest BCUT2D eigenvalue weighted by molar-refractivity contribution is 9.10. The zero-order valence-corrected chi connectivity index (χ0v) is 11.7. The molecule has 0 aliphatic rings. The van der Waals surface area contributed by atoms with E-state index in [4.69, 9.17) is 0 Å². The maximum atomic E-state index is 3.52. The van der Waals surface area contributed by atoms with Crippen LogP contribution in [0.4, 0.5) is 0 Å². The predicted molar refractivity (Wildman–Crippen MR) is 74.8 cm³/mol. The van der Waals surface area contributed by atoms with Gasteiger partial charge in [0, 0.05) is 36.5 Å². The standard InChI is InChI=1S/C14H17BrN2/c1-11(13-4-3-5-14(15)8-13)16-9-12-6-7-17(2)10-12/h3-8,10-11,16H,9H2,1-2H3. The molecule has 1 aromatic heterocycles. The number of rotatable bonds is 4. The number of benzene rings is 1. The van der Waals surface area contributed by atoms with E-state index in [2.05, 4.69) is 69.4 Å². The zero-order chi connectivity index (χ0) is 12.3. The third kappa shape index (κ3) is 3.45. The van der Waals surface area contributed by atoms with Crippen molar-refractivity contribution in [2.75, 3.05) is 0 Å². The van der Waals surface area contributed by atoms with Gasteiger partial charge in [-0.15, -0.1) is 0 Å². The van der Waals surface area contributed by atoms with Gasteiger partial charge in [-0.3, -0.25) is 0 Å². The second-order valence-corrected chi connectivity index (χ2v) is 5.26. The van der Waals surface area contributed by atoms with E-state index >= 15 is 0 Å². The minimum Gasteiger partial charge on any atom is -0.357 e. The summed E-state index contributed by atoms with van der Waals surface area (Å²) in [5.74, 6) is 0. The van der Waals surface area contributed by atoms with Crippen molar-refractivity contribution in [3.63, 3.8) is 0 Å². The Balaban J connectivity index is 1.95. The van der Waals surface area contributed by atoms with Crippen molar-refractivity contribution in [1.29, 1.82) is 0 Å². The number of hydrogen-bond donors (Lipinski definition) is 1. The average Bonchev–Trinajstić information content (AvgIpc) is 2.72. The Kier molecular flexibility index (Phi) is 4.02. The predicted octanol–water partition coefficient (Wildman–Crippen LogP) is 3.64. The van der Waals surface area contributed by atoms with Gasteiger partial charge in [0.15, 0.2) is 0 Å². The Labute approximate surface area is 111 Å². The van der Waals surface area contributed by atoms with Crippen molar-refractivity contribution in [1.82, 2.24) is 9.88 Å². The number of nitrogens with zero attached hydrogens (tertiary/aromatic N) is 1. The molecule has 0 aliphatic heterocycles. The first-order valence-corrected chi connectivity index (χ1v) is 6.54. The fourth-order valence-corrected chi connectivity index (χ4v) is 2.25. The second-order valence-electron chi connectivity index (χ2n) is 4.34. The van der Waals surface area contributed by atoms with Gasteiger partial charge in [0.05, 0.1) is 0 Å². The Morgan fingerprint density at radius 2 is 2.18 bits per heavy atom. The number of nitrogens with one attached hydrogen (secondary N) is 1. The Bertz CT molecular complexity index is 490. The van der Waals surface area contributed by atoms with Gasteiger partial charge in [-0.2, -0.15) is 0 Å². The molecule has 0 fully saturated rings. The highest BCUT2D eigenvalue weighted by atomic mass is 79.9. The molecule has 1 aromatic carbocycles. The maximum absolute atomic E-state index is 3.52. The molecular formula is C14H17BrN2. The minimum absolute atomic E-state index is 0.354. The normalized spacial score (nSPS) is 12.6. The molecule has 0 saturated heterocycles. The number of aryl methyl sites for hydroxylation is 1. The summed E-state index contributed by atoms with van der Waals surface area (Å²) < 4.78 is 3.20. The monoisotopic (exact) mass is 292 g/mol. The summed E-state index contributed by atoms with van der Waals surface area (Å²) in [6.45, 7) is 3.08. The summed E-state index contributed by atoms with van der Waals surface area (Å²) in [5, 5.41) is 3.52. The first-order valence-electron chi connectivity index (χ1n) is 5.75. The molecule has 1 heterocycles. The van der Waals surface area contributed by atoms with Crippen LogP contribution < -0.4 is 5.32 Å². The lowest BCUT2D eigenvalue weighted by molar-refractivity contribution is 0.574. The molecule has 1 unspecified atom stereocenters. The van der Waals surface area contributed by atoms with E-state index in [1.165, 1.54) is 11.1 Å². The second kappa shape index (κ2) is 5.52. The minimum atomic E-state index is 0.354. The molecule has 0 aliphatic carbocycles. The summed E-state index contributed by atoms with van der Waals surface area (Å²) in [6, 6.07) is 10.9. The highest BCUT2D eigenvalue weighted by Gasteiger charge is 2.05. The van der Waals surface area contributed by atoms with Crippen molar-refractivity contribution in [3.05, 3.63) is 58.3 Å². The Morgan fingerprint density at radius 1 is 1.35 bits per heavy atom. The van der Waals surface area contributed by atoms with Crippen molar-refractivity contribution in [2.24, 2.45) is 7.05 Å². The smallest absolute Gasteiger partial charge is 0.0295 e. The van der Waals surface area contributed by atoms with Crippen LogP contribution in [0.5, 0.6) is 0 Å². The fourth-order valence-electron chi connectivity index (χ4n) is 1.83. The SMILES string of the molecule is CC(NCc1ccn(C)c1)c1cccc(Br)c1. The van der Waals surface area contributed by atoms with Crippen molar-refractivity contribution >= 4 is 15.9 Å². The molecular weight excluding hydrogens is 276 g/mol. The first kappa shape index (κ1) is 12.4. The summed E-state index contributed by atoms with van der Waals surface area (Å²) in [4.78, 5) is 0. The van der Waals surface area contributed by atoms with Crippen LogP contribution in [0.1, 0.15) is 24.1 Å². The molecule has 0 spiro atoms. The van der Waals surface area contributed by atoms with Crippen LogP contribution in [0.25, 0.3) is 0 Å². The summed E-state index contributed by atoms with van der Waals surface area (Å²) in [6.07, 6.45) is 4.21. The topological polar surface area (TPSA) is 17.0 Å². The van der Waals surface area contributed by atoms with Gasteiger partial charge in [0.25, 0.3) is 0 Å². The van der Waals surface area contributed by atoms with Gasteiger partial charge in [0.2, 0.25) is 0 Å². The molecule has 2 aromatic rings. The molecule has 0 saturated carbocycles. The molecule has 3 heteroatoms. The van der Waals surface area contributed by atoms with Gasteiger partial charge in [-0.25, -0.2) is 0 Å². The van der Waals surface area contributed by atoms with Crippen molar-refractivity contribution in [2.45, 2.75) is 19.5 Å². The van der Waals surface area contributed by atoms with Crippen LogP contribution in [0.15, 0.2) is 47.2 Å². The van der Waals surface area contributed by atoms with Crippen molar-refractivity contribution in [3.8, 4) is 0 Å². The lowest BCUT2D eigenvalue weighted by atomic mass is 10.1. The Morgan fingerprint density at radius 3 is 2.82 bits per heavy atom. The first-order chi connectivity index (χ1) is 8.15. The quantitative estimate of drug-likeness (QED) is 0.910. The summed E-state index contributed by atoms with van der Waals surface area (Å²) in [5.41, 5.74) is 2.62. The van der Waals surface area contributed by atoms with Gasteiger partial charge in [0.1, 0.15) is 0 Å². The van der Waals surface area contributed by atoms with E-state index in [0.29, 0.717) is 6.04 Å². The Hall–Kier alpha value is -1.06. The fraction of sp³-hybridized carbons (Fsp3) is 0.286. The summed E-state index contributed by atoms with van der Waals surface area (Å²) >= 11 is 3.50. The molecule has 17 heavy (non-hydrogen) atoms. The lowest BCUT2D eigenvalue weighted by Crippen LogP contribution is -2.17. The molecule has 1 N–H and O–H groups in total. The molecule has 1 atom stereocenters. The molecule has 0 radical (unpaired) electrons. The van der Waals surface area contributed by atoms with Gasteiger partial charge in [-0.1, -0.05) is 28.1 Å². The number of hydrogen-bond acceptors (Lipinski definition) is 1. The summed E-state index contributed by atoms with van der Waals surface area (Å²) in [7, 11) is 2.04. The van der Waals surface area contributed by atoms with Crippen molar-refractivity contribution < 1.29 is 0 Å². The largest absolute Gasteiger partial charge is 0.357 e. The van der Waals surface area contributed by atoms with E-state index in [9.17, 15) is 0 Å². The van der Waals surface area contributed by atoms with Crippen LogP contribution >= 0.6 is 15.9 Å². The van der Waals surface area contributed by atoms with E-state index in [-0.39, 0.29) is 0 Å². The van der Waals surface area contributed by atoms with Crippen LogP contribution in [0, 0.1) is 0 Å². The van der Waals surface area contributed by atoms with Crippen LogP contribution in [-0.2, 0) is 13.6 Å². The highest BCUT2D eigenvalue weighted by Crippen LogP contribution is 2.18. The molecule has 90 valence electrons. The molecule has 0 bridgehead atoms. The van der Waals surface area contributed by atoms with E-state index in [1.807, 2.05) is 13.1 Å². The molecule has 0 amide bonds. The van der Waals surface area contributed by atoms with E-state index < -0.39 is 0 Å². The van der Waals surface area contributed by atoms with Crippen LogP contribution in [0.2, 0.25) is 0 Å². The average molecular weight is 293 g/mol. The molecule has 2 nitrogen and oxygen atoms in total. The zero-order valence-electron chi connectivity index (χ0n) is 10.2. The number of halogens is 1. The van der Waals surface area contributed by atoms with E-state index in [0.717, 1.165) is 11.0 Å². The van der Waals surface area contributed by atoms with Gasteiger partial charge >= 0.3 is 0 Å². The third-order valence-electron chi connectivity index (χ3n) is 2.85. The van der Waals surface area contributed by atoms with Gasteiger partial charge < -0.3 is 9.88 Å². The van der Waals surface area contributed by atoms with Gasteiger partial charge in [-0.05, 0) is 36.2 Å².